The van der Waals surface area contributed by atoms with Gasteiger partial charge in [-0.2, -0.15) is 0 Å². The minimum Gasteiger partial charge on any atom is -0.369 e. The van der Waals surface area contributed by atoms with Gasteiger partial charge in [0.15, 0.2) is 6.23 Å². The summed E-state index contributed by atoms with van der Waals surface area (Å²) >= 11 is 0. The summed E-state index contributed by atoms with van der Waals surface area (Å²) < 4.78 is 12.9. The summed E-state index contributed by atoms with van der Waals surface area (Å²) in [7, 11) is 0. The van der Waals surface area contributed by atoms with E-state index in [1.165, 1.54) is 6.08 Å². The molecule has 168 valence electrons. The van der Waals surface area contributed by atoms with Gasteiger partial charge in [-0.15, -0.1) is 0 Å². The van der Waals surface area contributed by atoms with Crippen molar-refractivity contribution in [2.45, 2.75) is 31.4 Å². The number of hydrogen-bond acceptors (Lipinski definition) is 7. The molecule has 5 rings (SSSR count). The number of carbonyl (C=O) groups is 1. The summed E-state index contributed by atoms with van der Waals surface area (Å²) in [4.78, 5) is 20.6. The Morgan fingerprint density at radius 3 is 2.97 bits per heavy atom. The number of aliphatic imine (C=N–C) groups is 1. The summed E-state index contributed by atoms with van der Waals surface area (Å²) in [5, 5.41) is 19.9. The number of hydrogen-bond donors (Lipinski definition) is 4. The molecule has 0 aromatic heterocycles. The minimum atomic E-state index is -0.924. The molecule has 2 atom stereocenters. The van der Waals surface area contributed by atoms with Crippen molar-refractivity contribution in [3.8, 4) is 0 Å². The molecule has 8 nitrogen and oxygen atoms in total. The molecule has 0 aromatic carbocycles. The maximum atomic E-state index is 12.9. The molecule has 4 N–H and O–H groups in total. The van der Waals surface area contributed by atoms with E-state index < -0.39 is 12.4 Å². The van der Waals surface area contributed by atoms with Gasteiger partial charge in [0, 0.05) is 30.8 Å². The summed E-state index contributed by atoms with van der Waals surface area (Å²) in [5.74, 6) is 0.643. The molecule has 4 aliphatic heterocycles. The van der Waals surface area contributed by atoms with Crippen molar-refractivity contribution >= 4 is 11.7 Å². The van der Waals surface area contributed by atoms with Gasteiger partial charge in [-0.3, -0.25) is 4.79 Å². The van der Waals surface area contributed by atoms with Gasteiger partial charge in [0.2, 0.25) is 0 Å². The van der Waals surface area contributed by atoms with E-state index in [0.29, 0.717) is 31.1 Å². The highest BCUT2D eigenvalue weighted by atomic mass is 19.1. The van der Waals surface area contributed by atoms with Crippen molar-refractivity contribution in [2.24, 2.45) is 10.9 Å². The molecule has 0 aromatic rings. The molecule has 2 unspecified atom stereocenters. The molecule has 1 saturated carbocycles. The lowest BCUT2D eigenvalue weighted by Crippen LogP contribution is -2.40. The molecule has 1 aliphatic carbocycles. The molecule has 32 heavy (non-hydrogen) atoms. The van der Waals surface area contributed by atoms with Crippen LogP contribution in [0.5, 0.6) is 0 Å². The SMILES string of the molecule is O=C(NCC1=CN2C=C(CNCC3CC(F)C3)C=CC2N1)C1=CC(O)N2C=CC=CC2=N1. The average Bonchev–Trinajstić information content (AvgIpc) is 3.18. The average molecular weight is 439 g/mol. The first-order chi connectivity index (χ1) is 15.5. The first-order valence-electron chi connectivity index (χ1n) is 10.9. The predicted octanol–water partition coefficient (Wildman–Crippen LogP) is 0.967. The van der Waals surface area contributed by atoms with Crippen LogP contribution < -0.4 is 16.0 Å². The fraction of sp³-hybridized carbons (Fsp3) is 0.391. The smallest absolute Gasteiger partial charge is 0.270 e. The molecule has 0 saturated heterocycles. The number of aliphatic hydroxyl groups excluding tert-OH is 1. The second-order valence-corrected chi connectivity index (χ2v) is 8.55. The Morgan fingerprint density at radius 2 is 2.12 bits per heavy atom. The van der Waals surface area contributed by atoms with Gasteiger partial charge in [-0.05, 0) is 55.2 Å². The number of amides is 1. The molecule has 0 spiro atoms. The summed E-state index contributed by atoms with van der Waals surface area (Å²) in [6.07, 6.45) is 16.5. The van der Waals surface area contributed by atoms with Crippen LogP contribution in [0.4, 0.5) is 4.39 Å². The number of nitrogens with one attached hydrogen (secondary N) is 3. The van der Waals surface area contributed by atoms with E-state index in [1.54, 1.807) is 23.3 Å². The van der Waals surface area contributed by atoms with E-state index in [9.17, 15) is 14.3 Å². The lowest BCUT2D eigenvalue weighted by atomic mass is 9.83. The summed E-state index contributed by atoms with van der Waals surface area (Å²) in [5.41, 5.74) is 2.23. The van der Waals surface area contributed by atoms with Crippen LogP contribution in [0.2, 0.25) is 0 Å². The van der Waals surface area contributed by atoms with Crippen molar-refractivity contribution < 1.29 is 14.3 Å². The number of amidine groups is 1. The maximum Gasteiger partial charge on any atom is 0.270 e. The minimum absolute atomic E-state index is 0.0215. The second-order valence-electron chi connectivity index (χ2n) is 8.55. The number of halogens is 1. The monoisotopic (exact) mass is 438 g/mol. The fourth-order valence-electron chi connectivity index (χ4n) is 4.26. The van der Waals surface area contributed by atoms with Gasteiger partial charge < -0.3 is 30.9 Å². The first-order valence-corrected chi connectivity index (χ1v) is 10.9. The maximum absolute atomic E-state index is 12.9. The summed E-state index contributed by atoms with van der Waals surface area (Å²) in [6, 6.07) is 0. The van der Waals surface area contributed by atoms with Crippen LogP contribution in [0.1, 0.15) is 12.8 Å². The van der Waals surface area contributed by atoms with Gasteiger partial charge in [0.25, 0.3) is 5.91 Å². The predicted molar refractivity (Wildman–Crippen MR) is 119 cm³/mol. The van der Waals surface area contributed by atoms with E-state index in [2.05, 4.69) is 44.2 Å². The Hall–Kier alpha value is -3.17. The molecule has 0 bridgehead atoms. The molecule has 0 radical (unpaired) electrons. The second kappa shape index (κ2) is 8.76. The Balaban J connectivity index is 1.12. The van der Waals surface area contributed by atoms with Crippen LogP contribution in [0.3, 0.4) is 0 Å². The van der Waals surface area contributed by atoms with Gasteiger partial charge in [0.1, 0.15) is 23.9 Å². The van der Waals surface area contributed by atoms with E-state index >= 15 is 0 Å². The number of rotatable bonds is 7. The van der Waals surface area contributed by atoms with Crippen molar-refractivity contribution in [1.82, 2.24) is 25.8 Å². The van der Waals surface area contributed by atoms with E-state index in [-0.39, 0.29) is 17.8 Å². The Bertz CT molecular complexity index is 988. The number of carbonyl (C=O) groups excluding carboxylic acids is 1. The highest BCUT2D eigenvalue weighted by Crippen LogP contribution is 2.29. The van der Waals surface area contributed by atoms with Gasteiger partial charge in [0.05, 0.1) is 6.54 Å². The number of fused-ring (bicyclic) bond motifs is 2. The Labute approximate surface area is 186 Å². The number of nitrogens with zero attached hydrogens (tertiary/aromatic N) is 3. The quantitative estimate of drug-likeness (QED) is 0.474. The van der Waals surface area contributed by atoms with Crippen molar-refractivity contribution in [3.05, 3.63) is 72.0 Å². The van der Waals surface area contributed by atoms with E-state index in [0.717, 1.165) is 24.4 Å². The van der Waals surface area contributed by atoms with E-state index in [4.69, 9.17) is 0 Å². The zero-order chi connectivity index (χ0) is 22.1. The van der Waals surface area contributed by atoms with Gasteiger partial charge in [-0.1, -0.05) is 12.2 Å². The standard InChI is InChI=1S/C23H27FN6O2/c24-17-7-16(8-17)11-25-10-15-4-5-20-27-18(14-29(20)13-15)12-26-23(32)19-9-22(31)30-6-2-1-3-21(30)28-19/h1-6,9,13-14,16-17,20,22,25,27,31H,7-8,10-12H2,(H,26,32). The van der Waals surface area contributed by atoms with Crippen molar-refractivity contribution in [1.29, 1.82) is 0 Å². The molecule has 9 heteroatoms. The van der Waals surface area contributed by atoms with Crippen LogP contribution in [0, 0.1) is 5.92 Å². The Kier molecular flexibility index (Phi) is 5.67. The number of allylic oxidation sites excluding steroid dienone is 2. The fourth-order valence-corrected chi connectivity index (χ4v) is 4.26. The summed E-state index contributed by atoms with van der Waals surface area (Å²) in [6.45, 7) is 1.91. The third kappa shape index (κ3) is 4.39. The highest BCUT2D eigenvalue weighted by molar-refractivity contribution is 6.02. The van der Waals surface area contributed by atoms with Crippen molar-refractivity contribution in [3.63, 3.8) is 0 Å². The highest BCUT2D eigenvalue weighted by Gasteiger charge is 2.29. The third-order valence-electron chi connectivity index (χ3n) is 6.07. The number of alkyl halides is 1. The molecule has 5 aliphatic rings. The lowest BCUT2D eigenvalue weighted by Gasteiger charge is -2.30. The molecule has 4 heterocycles. The van der Waals surface area contributed by atoms with Gasteiger partial charge >= 0.3 is 0 Å². The molecular weight excluding hydrogens is 411 g/mol. The third-order valence-corrected chi connectivity index (χ3v) is 6.07. The first kappa shape index (κ1) is 20.7. The lowest BCUT2D eigenvalue weighted by molar-refractivity contribution is -0.117. The number of aliphatic hydroxyl groups is 1. The van der Waals surface area contributed by atoms with Gasteiger partial charge in [-0.25, -0.2) is 9.38 Å². The van der Waals surface area contributed by atoms with E-state index in [1.807, 2.05) is 12.3 Å². The molecule has 1 fully saturated rings. The largest absolute Gasteiger partial charge is 0.369 e. The van der Waals surface area contributed by atoms with Crippen LogP contribution in [0.15, 0.2) is 77.0 Å². The van der Waals surface area contributed by atoms with Crippen LogP contribution in [-0.2, 0) is 4.79 Å². The zero-order valence-electron chi connectivity index (χ0n) is 17.6. The zero-order valence-corrected chi connectivity index (χ0v) is 17.6. The normalized spacial score (nSPS) is 29.8. The topological polar surface area (TPSA) is 92.2 Å². The molecule has 1 amide bonds. The van der Waals surface area contributed by atoms with Crippen molar-refractivity contribution in [2.75, 3.05) is 19.6 Å². The van der Waals surface area contributed by atoms with Crippen LogP contribution >= 0.6 is 0 Å². The Morgan fingerprint density at radius 1 is 1.25 bits per heavy atom. The van der Waals surface area contributed by atoms with Crippen LogP contribution in [-0.4, -0.2) is 64.8 Å². The molecular formula is C23H27FN6O2. The van der Waals surface area contributed by atoms with Crippen LogP contribution in [0.25, 0.3) is 0 Å².